The van der Waals surface area contributed by atoms with Crippen molar-refractivity contribution < 1.29 is 19.4 Å². The van der Waals surface area contributed by atoms with Gasteiger partial charge in [0.15, 0.2) is 0 Å². The second-order valence-corrected chi connectivity index (χ2v) is 7.53. The molecule has 0 saturated carbocycles. The average Bonchev–Trinajstić information content (AvgIpc) is 3.01. The van der Waals surface area contributed by atoms with Gasteiger partial charge in [0.2, 0.25) is 18.2 Å². The Labute approximate surface area is 174 Å². The number of carbonyl (C=O) groups excluding carboxylic acids is 2. The normalized spacial score (nSPS) is 24.5. The number of hydrogen-bond acceptors (Lipinski definition) is 9. The lowest BCUT2D eigenvalue weighted by atomic mass is 10.3. The predicted octanol–water partition coefficient (Wildman–Crippen LogP) is -1.86. The molecular formula is C19H27N7O4. The topological polar surface area (TPSA) is 114 Å². The van der Waals surface area contributed by atoms with Crippen LogP contribution in [0.3, 0.4) is 0 Å². The minimum absolute atomic E-state index is 0.151. The lowest BCUT2D eigenvalue weighted by molar-refractivity contribution is -0.136. The molecule has 1 aromatic rings. The third kappa shape index (κ3) is 4.53. The number of nitrogens with one attached hydrogen (secondary N) is 1. The Bertz CT molecular complexity index is 819. The fourth-order valence-electron chi connectivity index (χ4n) is 3.69. The molecule has 3 aliphatic heterocycles. The zero-order valence-electron chi connectivity index (χ0n) is 17.0. The van der Waals surface area contributed by atoms with E-state index in [2.05, 4.69) is 25.1 Å². The van der Waals surface area contributed by atoms with Crippen LogP contribution in [0.25, 0.3) is 6.08 Å². The molecule has 4 rings (SSSR count). The van der Waals surface area contributed by atoms with Crippen molar-refractivity contribution in [1.82, 2.24) is 30.0 Å². The van der Waals surface area contributed by atoms with E-state index in [1.54, 1.807) is 25.4 Å². The molecule has 162 valence electrons. The van der Waals surface area contributed by atoms with Crippen molar-refractivity contribution >= 4 is 23.8 Å². The number of anilines is 1. The molecule has 4 heterocycles. The molecule has 0 spiro atoms. The van der Waals surface area contributed by atoms with Crippen LogP contribution >= 0.6 is 0 Å². The van der Waals surface area contributed by atoms with Crippen LogP contribution in [0.5, 0.6) is 0 Å². The quantitative estimate of drug-likeness (QED) is 0.544. The number of likely N-dealkylation sites (N-methyl/N-ethyl adjacent to an activating group) is 1. The first kappa shape index (κ1) is 20.5. The second-order valence-electron chi connectivity index (χ2n) is 7.53. The Hall–Kier alpha value is -2.76. The maximum absolute atomic E-state index is 12.4. The van der Waals surface area contributed by atoms with Crippen molar-refractivity contribution in [1.29, 1.82) is 0 Å². The molecule has 3 fully saturated rings. The zero-order valence-corrected chi connectivity index (χ0v) is 17.0. The van der Waals surface area contributed by atoms with Crippen LogP contribution in [0.15, 0.2) is 18.0 Å². The van der Waals surface area contributed by atoms with Gasteiger partial charge in [-0.2, -0.15) is 0 Å². The van der Waals surface area contributed by atoms with Gasteiger partial charge in [-0.3, -0.25) is 14.5 Å². The Morgan fingerprint density at radius 1 is 1.27 bits per heavy atom. The molecule has 1 unspecified atom stereocenters. The van der Waals surface area contributed by atoms with Gasteiger partial charge in [0.05, 0.1) is 25.5 Å². The standard InChI is InChI=1S/C19H27N7O4/c1-23-15(17(28)22-19(23)29)12-14-2-3-20-18(21-14)26-6-4-24(5-7-26)13-16(27)25-8-10-30-11-9-25/h2-3,12,19,29H,4-11,13H2,1H3,(H,22,28)/b15-12-. The molecule has 3 saturated heterocycles. The average molecular weight is 417 g/mol. The number of morpholine rings is 1. The minimum atomic E-state index is -1.03. The van der Waals surface area contributed by atoms with Crippen LogP contribution in [0.2, 0.25) is 0 Å². The second kappa shape index (κ2) is 8.94. The van der Waals surface area contributed by atoms with Crippen LogP contribution < -0.4 is 10.2 Å². The van der Waals surface area contributed by atoms with Crippen LogP contribution in [0.1, 0.15) is 5.69 Å². The van der Waals surface area contributed by atoms with E-state index in [9.17, 15) is 14.7 Å². The first-order valence-electron chi connectivity index (χ1n) is 10.1. The van der Waals surface area contributed by atoms with Crippen molar-refractivity contribution in [2.24, 2.45) is 0 Å². The highest BCUT2D eigenvalue weighted by Crippen LogP contribution is 2.17. The molecule has 30 heavy (non-hydrogen) atoms. The van der Waals surface area contributed by atoms with Gasteiger partial charge in [-0.15, -0.1) is 0 Å². The van der Waals surface area contributed by atoms with Gasteiger partial charge in [-0.25, -0.2) is 9.97 Å². The van der Waals surface area contributed by atoms with E-state index in [-0.39, 0.29) is 11.8 Å². The summed E-state index contributed by atoms with van der Waals surface area (Å²) in [5, 5.41) is 12.2. The molecule has 0 aromatic carbocycles. The number of aliphatic hydroxyl groups is 1. The van der Waals surface area contributed by atoms with Crippen molar-refractivity contribution in [3.8, 4) is 0 Å². The molecule has 0 aliphatic carbocycles. The van der Waals surface area contributed by atoms with E-state index in [0.717, 1.165) is 26.2 Å². The molecule has 11 heteroatoms. The predicted molar refractivity (Wildman–Crippen MR) is 108 cm³/mol. The van der Waals surface area contributed by atoms with Crippen LogP contribution in [0.4, 0.5) is 5.95 Å². The maximum Gasteiger partial charge on any atom is 0.271 e. The summed E-state index contributed by atoms with van der Waals surface area (Å²) in [7, 11) is 1.63. The summed E-state index contributed by atoms with van der Waals surface area (Å²) >= 11 is 0. The number of carbonyl (C=O) groups is 2. The van der Waals surface area contributed by atoms with Crippen molar-refractivity contribution in [2.45, 2.75) is 6.35 Å². The van der Waals surface area contributed by atoms with Crippen LogP contribution in [-0.4, -0.2) is 114 Å². The lowest BCUT2D eigenvalue weighted by Crippen LogP contribution is -2.51. The highest BCUT2D eigenvalue weighted by molar-refractivity contribution is 5.99. The molecule has 0 radical (unpaired) electrons. The summed E-state index contributed by atoms with van der Waals surface area (Å²) in [6.45, 7) is 5.91. The minimum Gasteiger partial charge on any atom is -0.378 e. The molecule has 2 amide bonds. The molecule has 2 N–H and O–H groups in total. The Morgan fingerprint density at radius 2 is 2.00 bits per heavy atom. The fourth-order valence-corrected chi connectivity index (χ4v) is 3.69. The SMILES string of the molecule is CN1/C(=C\c2ccnc(N3CCN(CC(=O)N4CCOCC4)CC3)n2)C(=O)NC1O. The zero-order chi connectivity index (χ0) is 21.1. The molecule has 1 aromatic heterocycles. The van der Waals surface area contributed by atoms with Gasteiger partial charge in [-0.1, -0.05) is 0 Å². The van der Waals surface area contributed by atoms with Gasteiger partial charge in [-0.05, 0) is 12.1 Å². The largest absolute Gasteiger partial charge is 0.378 e. The highest BCUT2D eigenvalue weighted by atomic mass is 16.5. The number of rotatable bonds is 4. The van der Waals surface area contributed by atoms with Crippen molar-refractivity contribution in [2.75, 3.05) is 71.0 Å². The van der Waals surface area contributed by atoms with E-state index in [4.69, 9.17) is 4.74 Å². The lowest BCUT2D eigenvalue weighted by Gasteiger charge is -2.36. The molecule has 0 bridgehead atoms. The number of piperazine rings is 1. The van der Waals surface area contributed by atoms with E-state index in [1.165, 1.54) is 4.90 Å². The number of aliphatic hydroxyl groups excluding tert-OH is 1. The van der Waals surface area contributed by atoms with E-state index in [0.29, 0.717) is 50.2 Å². The molecule has 11 nitrogen and oxygen atoms in total. The van der Waals surface area contributed by atoms with Crippen molar-refractivity contribution in [3.05, 3.63) is 23.7 Å². The van der Waals surface area contributed by atoms with E-state index >= 15 is 0 Å². The molecular weight excluding hydrogens is 390 g/mol. The van der Waals surface area contributed by atoms with E-state index in [1.807, 2.05) is 4.90 Å². The Balaban J connectivity index is 1.34. The summed E-state index contributed by atoms with van der Waals surface area (Å²) in [6, 6.07) is 1.72. The highest BCUT2D eigenvalue weighted by Gasteiger charge is 2.30. The summed E-state index contributed by atoms with van der Waals surface area (Å²) in [5.41, 5.74) is 0.939. The van der Waals surface area contributed by atoms with Gasteiger partial charge in [0.1, 0.15) is 5.70 Å². The third-order valence-electron chi connectivity index (χ3n) is 5.57. The monoisotopic (exact) mass is 417 g/mol. The first-order chi connectivity index (χ1) is 14.5. The fraction of sp³-hybridized carbons (Fsp3) is 0.579. The van der Waals surface area contributed by atoms with E-state index < -0.39 is 6.35 Å². The van der Waals surface area contributed by atoms with Gasteiger partial charge in [0, 0.05) is 52.5 Å². The summed E-state index contributed by atoms with van der Waals surface area (Å²) < 4.78 is 5.30. The Morgan fingerprint density at radius 3 is 2.67 bits per heavy atom. The number of hydrogen-bond donors (Lipinski definition) is 2. The first-order valence-corrected chi connectivity index (χ1v) is 10.1. The molecule has 1 atom stereocenters. The number of amides is 2. The number of ether oxygens (including phenoxy) is 1. The van der Waals surface area contributed by atoms with Gasteiger partial charge in [0.25, 0.3) is 5.91 Å². The van der Waals surface area contributed by atoms with Crippen molar-refractivity contribution in [3.63, 3.8) is 0 Å². The summed E-state index contributed by atoms with van der Waals surface area (Å²) in [4.78, 5) is 40.8. The maximum atomic E-state index is 12.4. The number of nitrogens with zero attached hydrogens (tertiary/aromatic N) is 6. The Kier molecular flexibility index (Phi) is 6.11. The van der Waals surface area contributed by atoms with Crippen LogP contribution in [0, 0.1) is 0 Å². The van der Waals surface area contributed by atoms with Gasteiger partial charge < -0.3 is 29.9 Å². The number of aromatic nitrogens is 2. The summed E-state index contributed by atoms with van der Waals surface area (Å²) in [5.74, 6) is 0.395. The van der Waals surface area contributed by atoms with Crippen LogP contribution in [-0.2, 0) is 14.3 Å². The van der Waals surface area contributed by atoms with Gasteiger partial charge >= 0.3 is 0 Å². The molecule has 3 aliphatic rings. The smallest absolute Gasteiger partial charge is 0.271 e. The summed E-state index contributed by atoms with van der Waals surface area (Å²) in [6.07, 6.45) is 2.26. The third-order valence-corrected chi connectivity index (χ3v) is 5.57.